The van der Waals surface area contributed by atoms with Gasteiger partial charge >= 0.3 is 0 Å². The highest BCUT2D eigenvalue weighted by Gasteiger charge is 2.13. The fourth-order valence-electron chi connectivity index (χ4n) is 1.74. The molecule has 0 aliphatic carbocycles. The third-order valence-electron chi connectivity index (χ3n) is 2.92. The van der Waals surface area contributed by atoms with Crippen LogP contribution in [0.1, 0.15) is 28.9 Å². The predicted molar refractivity (Wildman–Crippen MR) is 74.0 cm³/mol. The average Bonchev–Trinajstić information content (AvgIpc) is 2.91. The molecular formula is C13H15N3O3S. The summed E-state index contributed by atoms with van der Waals surface area (Å²) in [4.78, 5) is 12.1. The molecule has 2 aromatic rings. The molecule has 1 aromatic carbocycles. The first kappa shape index (κ1) is 14.3. The van der Waals surface area contributed by atoms with E-state index in [0.29, 0.717) is 5.56 Å². The van der Waals surface area contributed by atoms with Gasteiger partial charge in [-0.15, -0.1) is 0 Å². The predicted octanol–water partition coefficient (Wildman–Crippen LogP) is 1.30. The zero-order chi connectivity index (χ0) is 14.8. The van der Waals surface area contributed by atoms with Gasteiger partial charge in [-0.05, 0) is 24.6 Å². The highest BCUT2D eigenvalue weighted by Crippen LogP contribution is 2.16. The number of hydrogen-bond acceptors (Lipinski definition) is 4. The van der Waals surface area contributed by atoms with Crippen LogP contribution < -0.4 is 5.32 Å². The molecule has 2 N–H and O–H groups in total. The fraction of sp³-hybridized carbons (Fsp3) is 0.231. The Bertz CT molecular complexity index is 691. The number of aromatic amines is 1. The van der Waals surface area contributed by atoms with E-state index in [1.165, 1.54) is 24.5 Å². The van der Waals surface area contributed by atoms with Crippen LogP contribution in [0.4, 0.5) is 0 Å². The molecule has 1 atom stereocenters. The van der Waals surface area contributed by atoms with Gasteiger partial charge < -0.3 is 5.32 Å². The molecule has 20 heavy (non-hydrogen) atoms. The normalized spacial score (nSPS) is 12.9. The van der Waals surface area contributed by atoms with E-state index in [1.807, 2.05) is 6.92 Å². The van der Waals surface area contributed by atoms with E-state index in [0.717, 1.165) is 11.8 Å². The van der Waals surface area contributed by atoms with Crippen LogP contribution in [0.5, 0.6) is 0 Å². The number of nitrogens with zero attached hydrogens (tertiary/aromatic N) is 1. The van der Waals surface area contributed by atoms with E-state index >= 15 is 0 Å². The second-order valence-electron chi connectivity index (χ2n) is 4.52. The lowest BCUT2D eigenvalue weighted by atomic mass is 10.1. The van der Waals surface area contributed by atoms with Crippen molar-refractivity contribution < 1.29 is 13.2 Å². The molecule has 0 saturated carbocycles. The van der Waals surface area contributed by atoms with E-state index in [1.54, 1.807) is 12.1 Å². The van der Waals surface area contributed by atoms with Crippen LogP contribution in [-0.2, 0) is 9.84 Å². The average molecular weight is 293 g/mol. The van der Waals surface area contributed by atoms with Gasteiger partial charge in [0.15, 0.2) is 9.84 Å². The number of carbonyl (C=O) groups excluding carboxylic acids is 1. The Hall–Kier alpha value is -2.15. The smallest absolute Gasteiger partial charge is 0.254 e. The molecular weight excluding hydrogens is 278 g/mol. The minimum Gasteiger partial charge on any atom is -0.345 e. The van der Waals surface area contributed by atoms with E-state index in [9.17, 15) is 13.2 Å². The second-order valence-corrected chi connectivity index (χ2v) is 6.54. The van der Waals surface area contributed by atoms with Crippen LogP contribution in [0.25, 0.3) is 0 Å². The standard InChI is InChI=1S/C13H15N3O3S/c1-9(16-13(17)11-7-14-15-8-11)10-3-5-12(6-4-10)20(2,18)19/h3-9H,1-2H3,(H,14,15)(H,16,17). The third kappa shape index (κ3) is 3.24. The largest absolute Gasteiger partial charge is 0.345 e. The quantitative estimate of drug-likeness (QED) is 0.889. The first-order valence-corrected chi connectivity index (χ1v) is 7.87. The van der Waals surface area contributed by atoms with Crippen LogP contribution in [-0.4, -0.2) is 30.8 Å². The minimum absolute atomic E-state index is 0.231. The highest BCUT2D eigenvalue weighted by atomic mass is 32.2. The molecule has 0 radical (unpaired) electrons. The summed E-state index contributed by atoms with van der Waals surface area (Å²) in [5.74, 6) is -0.238. The topological polar surface area (TPSA) is 91.9 Å². The molecule has 7 heteroatoms. The van der Waals surface area contributed by atoms with Crippen LogP contribution >= 0.6 is 0 Å². The number of aromatic nitrogens is 2. The summed E-state index contributed by atoms with van der Waals surface area (Å²) in [7, 11) is -3.20. The minimum atomic E-state index is -3.20. The van der Waals surface area contributed by atoms with Crippen molar-refractivity contribution in [3.8, 4) is 0 Å². The van der Waals surface area contributed by atoms with Crippen LogP contribution in [0.2, 0.25) is 0 Å². The van der Waals surface area contributed by atoms with Gasteiger partial charge in [0.05, 0.1) is 22.7 Å². The second kappa shape index (κ2) is 5.46. The molecule has 0 fully saturated rings. The third-order valence-corrected chi connectivity index (χ3v) is 4.04. The number of benzene rings is 1. The maximum atomic E-state index is 11.8. The van der Waals surface area contributed by atoms with Crippen LogP contribution in [0.3, 0.4) is 0 Å². The Balaban J connectivity index is 2.10. The van der Waals surface area contributed by atoms with Gasteiger partial charge in [-0.25, -0.2) is 8.42 Å². The molecule has 1 heterocycles. The van der Waals surface area contributed by atoms with Gasteiger partial charge in [0, 0.05) is 12.5 Å². The number of H-pyrrole nitrogens is 1. The lowest BCUT2D eigenvalue weighted by Gasteiger charge is -2.14. The van der Waals surface area contributed by atoms with Gasteiger partial charge in [0.25, 0.3) is 5.91 Å². The van der Waals surface area contributed by atoms with Gasteiger partial charge in [-0.2, -0.15) is 5.10 Å². The summed E-state index contributed by atoms with van der Waals surface area (Å²) < 4.78 is 22.7. The molecule has 0 saturated heterocycles. The SMILES string of the molecule is CC(NC(=O)c1cn[nH]c1)c1ccc(S(C)(=O)=O)cc1. The number of hydrogen-bond donors (Lipinski definition) is 2. The monoisotopic (exact) mass is 293 g/mol. The van der Waals surface area contributed by atoms with Crippen molar-refractivity contribution in [1.29, 1.82) is 0 Å². The summed E-state index contributed by atoms with van der Waals surface area (Å²) in [6.07, 6.45) is 4.11. The van der Waals surface area contributed by atoms with Crippen molar-refractivity contribution in [2.24, 2.45) is 0 Å². The number of sulfone groups is 1. The first-order chi connectivity index (χ1) is 9.38. The van der Waals surface area contributed by atoms with Crippen molar-refractivity contribution in [2.45, 2.75) is 17.9 Å². The number of amides is 1. The molecule has 106 valence electrons. The lowest BCUT2D eigenvalue weighted by Crippen LogP contribution is -2.26. The summed E-state index contributed by atoms with van der Waals surface area (Å²) in [6, 6.07) is 6.22. The van der Waals surface area contributed by atoms with E-state index < -0.39 is 9.84 Å². The van der Waals surface area contributed by atoms with E-state index in [2.05, 4.69) is 15.5 Å². The zero-order valence-corrected chi connectivity index (χ0v) is 11.9. The Morgan fingerprint density at radius 3 is 2.45 bits per heavy atom. The Labute approximate surface area is 117 Å². The van der Waals surface area contributed by atoms with Crippen LogP contribution in [0.15, 0.2) is 41.6 Å². The van der Waals surface area contributed by atoms with E-state index in [4.69, 9.17) is 0 Å². The van der Waals surface area contributed by atoms with Gasteiger partial charge in [-0.1, -0.05) is 12.1 Å². The van der Waals surface area contributed by atoms with Crippen molar-refractivity contribution in [1.82, 2.24) is 15.5 Å². The molecule has 1 unspecified atom stereocenters. The number of carbonyl (C=O) groups is 1. The lowest BCUT2D eigenvalue weighted by molar-refractivity contribution is 0.0940. The highest BCUT2D eigenvalue weighted by molar-refractivity contribution is 7.90. The molecule has 0 spiro atoms. The molecule has 1 amide bonds. The number of nitrogens with one attached hydrogen (secondary N) is 2. The maximum absolute atomic E-state index is 11.8. The Kier molecular flexibility index (Phi) is 3.89. The van der Waals surface area contributed by atoms with Crippen molar-refractivity contribution in [3.63, 3.8) is 0 Å². The van der Waals surface area contributed by atoms with Gasteiger partial charge in [0.1, 0.15) is 0 Å². The van der Waals surface area contributed by atoms with E-state index in [-0.39, 0.29) is 16.8 Å². The first-order valence-electron chi connectivity index (χ1n) is 5.97. The fourth-order valence-corrected chi connectivity index (χ4v) is 2.37. The molecule has 0 aliphatic rings. The Morgan fingerprint density at radius 1 is 1.30 bits per heavy atom. The van der Waals surface area contributed by atoms with Gasteiger partial charge in [-0.3, -0.25) is 9.89 Å². The summed E-state index contributed by atoms with van der Waals surface area (Å²) >= 11 is 0. The summed E-state index contributed by atoms with van der Waals surface area (Å²) in [5.41, 5.74) is 1.28. The molecule has 0 bridgehead atoms. The molecule has 2 rings (SSSR count). The van der Waals surface area contributed by atoms with Crippen molar-refractivity contribution in [3.05, 3.63) is 47.8 Å². The van der Waals surface area contributed by atoms with Crippen molar-refractivity contribution >= 4 is 15.7 Å². The molecule has 0 aliphatic heterocycles. The zero-order valence-electron chi connectivity index (χ0n) is 11.1. The Morgan fingerprint density at radius 2 is 1.95 bits per heavy atom. The summed E-state index contributed by atoms with van der Waals surface area (Å²) in [5, 5.41) is 9.09. The van der Waals surface area contributed by atoms with Crippen LogP contribution in [0, 0.1) is 0 Å². The summed E-state index contributed by atoms with van der Waals surface area (Å²) in [6.45, 7) is 1.83. The van der Waals surface area contributed by atoms with Crippen molar-refractivity contribution in [2.75, 3.05) is 6.26 Å². The van der Waals surface area contributed by atoms with Gasteiger partial charge in [0.2, 0.25) is 0 Å². The molecule has 6 nitrogen and oxygen atoms in total. The number of rotatable bonds is 4. The molecule has 1 aromatic heterocycles. The maximum Gasteiger partial charge on any atom is 0.254 e.